The average molecular weight is 400 g/mol. The van der Waals surface area contributed by atoms with Crippen molar-refractivity contribution in [1.29, 1.82) is 0 Å². The zero-order chi connectivity index (χ0) is 21.2. The third kappa shape index (κ3) is 14.6. The number of ether oxygens (including phenoxy) is 1. The summed E-state index contributed by atoms with van der Waals surface area (Å²) in [6.07, 6.45) is 12.3. The molecule has 0 radical (unpaired) electrons. The fourth-order valence-corrected chi connectivity index (χ4v) is 3.07. The van der Waals surface area contributed by atoms with E-state index in [4.69, 9.17) is 15.6 Å². The molecule has 6 nitrogen and oxygen atoms in total. The van der Waals surface area contributed by atoms with Crippen molar-refractivity contribution in [3.63, 3.8) is 0 Å². The maximum Gasteiger partial charge on any atom is 0.323 e. The lowest BCUT2D eigenvalue weighted by Gasteiger charge is -2.19. The lowest BCUT2D eigenvalue weighted by atomic mass is 10.0. The standard InChI is InChI=1S/C22H41NO5/c1-3-5-7-8-9-10-11-12-13-14-19(24)20(15-6-4-2)28-22(27)18(23)16-17-21(25)26/h18,20H,3-17,23H2,1-2H3,(H,25,26). The second kappa shape index (κ2) is 17.7. The number of nitrogens with two attached hydrogens (primary N) is 1. The SMILES string of the molecule is CCCCCCCCCCCC(=O)C(CCCC)OC(=O)C(N)CCC(=O)O. The number of unbranched alkanes of at least 4 members (excludes halogenated alkanes) is 9. The number of hydrogen-bond donors (Lipinski definition) is 2. The Morgan fingerprint density at radius 2 is 1.32 bits per heavy atom. The molecule has 0 heterocycles. The highest BCUT2D eigenvalue weighted by molar-refractivity contribution is 5.86. The van der Waals surface area contributed by atoms with E-state index in [9.17, 15) is 14.4 Å². The summed E-state index contributed by atoms with van der Waals surface area (Å²) in [5, 5.41) is 8.68. The van der Waals surface area contributed by atoms with E-state index in [1.54, 1.807) is 0 Å². The van der Waals surface area contributed by atoms with Gasteiger partial charge in [0.1, 0.15) is 6.04 Å². The number of carboxylic acids is 1. The average Bonchev–Trinajstić information content (AvgIpc) is 2.67. The molecule has 0 saturated heterocycles. The molecule has 0 aliphatic rings. The number of aliphatic carboxylic acids is 1. The maximum absolute atomic E-state index is 12.5. The van der Waals surface area contributed by atoms with Crippen LogP contribution in [0.15, 0.2) is 0 Å². The van der Waals surface area contributed by atoms with Gasteiger partial charge in [-0.2, -0.15) is 0 Å². The lowest BCUT2D eigenvalue weighted by Crippen LogP contribution is -2.38. The molecule has 0 bridgehead atoms. The number of ketones is 1. The smallest absolute Gasteiger partial charge is 0.323 e. The summed E-state index contributed by atoms with van der Waals surface area (Å²) in [7, 11) is 0. The topological polar surface area (TPSA) is 107 Å². The highest BCUT2D eigenvalue weighted by Crippen LogP contribution is 2.15. The molecule has 164 valence electrons. The van der Waals surface area contributed by atoms with E-state index in [0.717, 1.165) is 32.1 Å². The Kier molecular flexibility index (Phi) is 16.8. The first-order chi connectivity index (χ1) is 13.4. The van der Waals surface area contributed by atoms with Gasteiger partial charge in [-0.15, -0.1) is 0 Å². The van der Waals surface area contributed by atoms with E-state index in [0.29, 0.717) is 12.8 Å². The van der Waals surface area contributed by atoms with Crippen LogP contribution < -0.4 is 5.73 Å². The Bertz CT molecular complexity index is 439. The van der Waals surface area contributed by atoms with Gasteiger partial charge in [-0.3, -0.25) is 14.4 Å². The number of carbonyl (C=O) groups is 3. The molecule has 0 aliphatic heterocycles. The van der Waals surface area contributed by atoms with E-state index in [1.807, 2.05) is 6.92 Å². The Labute approximate surface area is 170 Å². The van der Waals surface area contributed by atoms with Gasteiger partial charge in [-0.25, -0.2) is 0 Å². The van der Waals surface area contributed by atoms with E-state index in [2.05, 4.69) is 6.92 Å². The van der Waals surface area contributed by atoms with Gasteiger partial charge in [-0.1, -0.05) is 71.6 Å². The Morgan fingerprint density at radius 3 is 1.86 bits per heavy atom. The largest absolute Gasteiger partial charge is 0.481 e. The van der Waals surface area contributed by atoms with Crippen LogP contribution in [-0.4, -0.2) is 35.0 Å². The molecule has 0 fully saturated rings. The monoisotopic (exact) mass is 399 g/mol. The second-order valence-electron chi connectivity index (χ2n) is 7.65. The van der Waals surface area contributed by atoms with Gasteiger partial charge >= 0.3 is 11.9 Å². The van der Waals surface area contributed by atoms with Crippen LogP contribution in [0.25, 0.3) is 0 Å². The molecule has 2 atom stereocenters. The van der Waals surface area contributed by atoms with Crippen molar-refractivity contribution < 1.29 is 24.2 Å². The lowest BCUT2D eigenvalue weighted by molar-refractivity contribution is -0.157. The highest BCUT2D eigenvalue weighted by atomic mass is 16.5. The fourth-order valence-electron chi connectivity index (χ4n) is 3.07. The molecule has 0 aromatic rings. The number of carboxylic acid groups (broad SMARTS) is 1. The summed E-state index contributed by atoms with van der Waals surface area (Å²) in [4.78, 5) is 35.1. The van der Waals surface area contributed by atoms with Crippen molar-refractivity contribution in [2.45, 2.75) is 122 Å². The molecular weight excluding hydrogens is 358 g/mol. The Hall–Kier alpha value is -1.43. The van der Waals surface area contributed by atoms with E-state index < -0.39 is 24.1 Å². The minimum absolute atomic E-state index is 0.0150. The number of hydrogen-bond acceptors (Lipinski definition) is 5. The Morgan fingerprint density at radius 1 is 0.786 bits per heavy atom. The first-order valence-electron chi connectivity index (χ1n) is 11.1. The quantitative estimate of drug-likeness (QED) is 0.239. The first kappa shape index (κ1) is 26.6. The molecular formula is C22H41NO5. The van der Waals surface area contributed by atoms with Gasteiger partial charge in [0.15, 0.2) is 11.9 Å². The van der Waals surface area contributed by atoms with Crippen LogP contribution in [0, 0.1) is 0 Å². The first-order valence-corrected chi connectivity index (χ1v) is 11.1. The highest BCUT2D eigenvalue weighted by Gasteiger charge is 2.25. The van der Waals surface area contributed by atoms with Crippen LogP contribution in [0.1, 0.15) is 110 Å². The van der Waals surface area contributed by atoms with Crippen LogP contribution >= 0.6 is 0 Å². The molecule has 0 rings (SSSR count). The summed E-state index contributed by atoms with van der Waals surface area (Å²) < 4.78 is 5.34. The molecule has 2 unspecified atom stereocenters. The molecule has 28 heavy (non-hydrogen) atoms. The van der Waals surface area contributed by atoms with Gasteiger partial charge in [0.05, 0.1) is 0 Å². The van der Waals surface area contributed by atoms with Gasteiger partial charge in [0.2, 0.25) is 0 Å². The van der Waals surface area contributed by atoms with Gasteiger partial charge in [0.25, 0.3) is 0 Å². The van der Waals surface area contributed by atoms with Crippen LogP contribution in [-0.2, 0) is 19.1 Å². The number of esters is 1. The van der Waals surface area contributed by atoms with E-state index in [-0.39, 0.29) is 18.6 Å². The van der Waals surface area contributed by atoms with Gasteiger partial charge in [0, 0.05) is 12.8 Å². The third-order valence-electron chi connectivity index (χ3n) is 4.94. The van der Waals surface area contributed by atoms with Crippen molar-refractivity contribution in [3.05, 3.63) is 0 Å². The Balaban J connectivity index is 4.17. The zero-order valence-electron chi connectivity index (χ0n) is 17.9. The summed E-state index contributed by atoms with van der Waals surface area (Å²) in [5.74, 6) is -1.73. The summed E-state index contributed by atoms with van der Waals surface area (Å²) in [6.45, 7) is 4.23. The van der Waals surface area contributed by atoms with Crippen LogP contribution in [0.5, 0.6) is 0 Å². The molecule has 0 spiro atoms. The van der Waals surface area contributed by atoms with E-state index >= 15 is 0 Å². The van der Waals surface area contributed by atoms with Crippen LogP contribution in [0.3, 0.4) is 0 Å². The predicted octanol–water partition coefficient (Wildman–Crippen LogP) is 4.77. The summed E-state index contributed by atoms with van der Waals surface area (Å²) in [6, 6.07) is -0.999. The van der Waals surface area contributed by atoms with Crippen LogP contribution in [0.4, 0.5) is 0 Å². The minimum atomic E-state index is -1.01. The predicted molar refractivity (Wildman–Crippen MR) is 111 cm³/mol. The number of rotatable bonds is 19. The zero-order valence-corrected chi connectivity index (χ0v) is 17.9. The molecule has 0 aliphatic carbocycles. The van der Waals surface area contributed by atoms with Crippen molar-refractivity contribution in [3.8, 4) is 0 Å². The summed E-state index contributed by atoms with van der Waals surface area (Å²) in [5.41, 5.74) is 5.69. The fraction of sp³-hybridized carbons (Fsp3) is 0.864. The molecule has 3 N–H and O–H groups in total. The van der Waals surface area contributed by atoms with Gasteiger partial charge in [-0.05, 0) is 25.7 Å². The number of Topliss-reactive ketones (excluding diaryl/α,β-unsaturated/α-hetero) is 1. The van der Waals surface area contributed by atoms with E-state index in [1.165, 1.54) is 38.5 Å². The molecule has 0 amide bonds. The minimum Gasteiger partial charge on any atom is -0.481 e. The third-order valence-corrected chi connectivity index (χ3v) is 4.94. The number of carbonyl (C=O) groups excluding carboxylic acids is 2. The summed E-state index contributed by atoms with van der Waals surface area (Å²) >= 11 is 0. The van der Waals surface area contributed by atoms with Crippen molar-refractivity contribution >= 4 is 17.7 Å². The molecule has 0 saturated carbocycles. The molecule has 6 heteroatoms. The van der Waals surface area contributed by atoms with Crippen LogP contribution in [0.2, 0.25) is 0 Å². The van der Waals surface area contributed by atoms with Crippen molar-refractivity contribution in [2.24, 2.45) is 5.73 Å². The normalized spacial score (nSPS) is 13.1. The van der Waals surface area contributed by atoms with Crippen molar-refractivity contribution in [2.75, 3.05) is 0 Å². The maximum atomic E-state index is 12.5. The molecule has 0 aromatic heterocycles. The van der Waals surface area contributed by atoms with Gasteiger partial charge < -0.3 is 15.6 Å². The molecule has 0 aromatic carbocycles. The van der Waals surface area contributed by atoms with Crippen molar-refractivity contribution in [1.82, 2.24) is 0 Å². The second-order valence-corrected chi connectivity index (χ2v) is 7.65.